The quantitative estimate of drug-likeness (QED) is 0.473. The molecule has 0 spiro atoms. The van der Waals surface area contributed by atoms with Crippen LogP contribution in [0.1, 0.15) is 37.9 Å². The number of aryl methyl sites for hydroxylation is 1. The fraction of sp³-hybridized carbons (Fsp3) is 0.421. The van der Waals surface area contributed by atoms with E-state index in [1.54, 1.807) is 13.3 Å². The smallest absolute Gasteiger partial charge is 0.226 e. The number of benzene rings is 1. The van der Waals surface area contributed by atoms with E-state index in [0.29, 0.717) is 30.4 Å². The Kier molecular flexibility index (Phi) is 5.46. The van der Waals surface area contributed by atoms with Crippen LogP contribution in [0.25, 0.3) is 11.2 Å². The van der Waals surface area contributed by atoms with E-state index in [2.05, 4.69) is 39.4 Å². The van der Waals surface area contributed by atoms with E-state index in [0.717, 1.165) is 22.5 Å². The first kappa shape index (κ1) is 18.9. The van der Waals surface area contributed by atoms with Crippen LogP contribution in [0.15, 0.2) is 24.5 Å². The molecule has 0 fully saturated rings. The number of fused-ring (bicyclic) bond motifs is 1. The van der Waals surface area contributed by atoms with Gasteiger partial charge in [0.1, 0.15) is 0 Å². The maximum Gasteiger partial charge on any atom is 0.226 e. The van der Waals surface area contributed by atoms with Gasteiger partial charge in [0, 0.05) is 24.8 Å². The summed E-state index contributed by atoms with van der Waals surface area (Å²) in [5.41, 5.74) is 10.4. The molecule has 2 aromatic heterocycles. The zero-order chi connectivity index (χ0) is 19.6. The molecular formula is C19H27N7O. The van der Waals surface area contributed by atoms with Crippen LogP contribution in [-0.2, 0) is 6.54 Å². The Morgan fingerprint density at radius 1 is 1.19 bits per heavy atom. The van der Waals surface area contributed by atoms with E-state index in [4.69, 9.17) is 5.73 Å². The average Bonchev–Trinajstić information content (AvgIpc) is 3.03. The third kappa shape index (κ3) is 4.28. The van der Waals surface area contributed by atoms with Crippen molar-refractivity contribution in [1.82, 2.24) is 19.5 Å². The molecule has 5 N–H and O–H groups in total. The van der Waals surface area contributed by atoms with Gasteiger partial charge in [-0.15, -0.1) is 0 Å². The SMILES string of the molecule is Cc1ccc(CNc2nc(NCC(C)O)nc3c2ncn3C(C)C)c(N)c1. The lowest BCUT2D eigenvalue weighted by molar-refractivity contribution is 0.208. The summed E-state index contributed by atoms with van der Waals surface area (Å²) in [6.07, 6.45) is 1.27. The summed E-state index contributed by atoms with van der Waals surface area (Å²) >= 11 is 0. The van der Waals surface area contributed by atoms with Gasteiger partial charge in [-0.1, -0.05) is 12.1 Å². The summed E-state index contributed by atoms with van der Waals surface area (Å²) in [4.78, 5) is 13.6. The number of imidazole rings is 1. The number of aliphatic hydroxyl groups excluding tert-OH is 1. The number of aliphatic hydroxyl groups is 1. The molecule has 8 nitrogen and oxygen atoms in total. The predicted molar refractivity (Wildman–Crippen MR) is 109 cm³/mol. The van der Waals surface area contributed by atoms with Gasteiger partial charge in [-0.2, -0.15) is 9.97 Å². The van der Waals surface area contributed by atoms with Crippen molar-refractivity contribution in [1.29, 1.82) is 0 Å². The first-order chi connectivity index (χ1) is 12.8. The minimum Gasteiger partial charge on any atom is -0.398 e. The van der Waals surface area contributed by atoms with Gasteiger partial charge in [0.15, 0.2) is 17.0 Å². The first-order valence-electron chi connectivity index (χ1n) is 9.10. The molecular weight excluding hydrogens is 342 g/mol. The minimum atomic E-state index is -0.497. The highest BCUT2D eigenvalue weighted by atomic mass is 16.3. The van der Waals surface area contributed by atoms with Gasteiger partial charge in [-0.25, -0.2) is 4.98 Å². The van der Waals surface area contributed by atoms with Crippen LogP contribution in [0.3, 0.4) is 0 Å². The number of nitrogens with zero attached hydrogens (tertiary/aromatic N) is 4. The lowest BCUT2D eigenvalue weighted by Crippen LogP contribution is -2.18. The van der Waals surface area contributed by atoms with Crippen LogP contribution in [0.4, 0.5) is 17.5 Å². The lowest BCUT2D eigenvalue weighted by atomic mass is 10.1. The first-order valence-corrected chi connectivity index (χ1v) is 9.10. The van der Waals surface area contributed by atoms with Crippen molar-refractivity contribution in [2.24, 2.45) is 0 Å². The van der Waals surface area contributed by atoms with Crippen LogP contribution in [0.5, 0.6) is 0 Å². The zero-order valence-electron chi connectivity index (χ0n) is 16.2. The molecule has 8 heteroatoms. The monoisotopic (exact) mass is 369 g/mol. The van der Waals surface area contributed by atoms with E-state index in [-0.39, 0.29) is 6.04 Å². The normalized spacial score (nSPS) is 12.5. The summed E-state index contributed by atoms with van der Waals surface area (Å²) in [6, 6.07) is 6.21. The number of nitrogen functional groups attached to an aromatic ring is 1. The van der Waals surface area contributed by atoms with Gasteiger partial charge in [0.2, 0.25) is 5.95 Å². The highest BCUT2D eigenvalue weighted by molar-refractivity contribution is 5.84. The summed E-state index contributed by atoms with van der Waals surface area (Å²) < 4.78 is 2.00. The summed E-state index contributed by atoms with van der Waals surface area (Å²) in [6.45, 7) is 8.77. The zero-order valence-corrected chi connectivity index (χ0v) is 16.2. The summed E-state index contributed by atoms with van der Waals surface area (Å²) in [5, 5.41) is 15.9. The number of nitrogens with one attached hydrogen (secondary N) is 2. The van der Waals surface area contributed by atoms with E-state index in [1.807, 2.05) is 29.7 Å². The average molecular weight is 369 g/mol. The standard InChI is InChI=1S/C19H27N7O/c1-11(2)26-10-23-16-17(21-9-14-6-5-12(3)7-15(14)20)24-19(25-18(16)26)22-8-13(4)27/h5-7,10-11,13,27H,8-9,20H2,1-4H3,(H2,21,22,24,25). The molecule has 0 aliphatic carbocycles. The van der Waals surface area contributed by atoms with Crippen molar-refractivity contribution in [3.05, 3.63) is 35.7 Å². The number of rotatable bonds is 7. The molecule has 1 unspecified atom stereocenters. The molecule has 0 radical (unpaired) electrons. The van der Waals surface area contributed by atoms with Crippen LogP contribution in [0.2, 0.25) is 0 Å². The molecule has 0 aliphatic rings. The van der Waals surface area contributed by atoms with E-state index in [1.165, 1.54) is 0 Å². The molecule has 3 rings (SSSR count). The van der Waals surface area contributed by atoms with Gasteiger partial charge < -0.3 is 26.0 Å². The van der Waals surface area contributed by atoms with Gasteiger partial charge in [-0.05, 0) is 44.9 Å². The van der Waals surface area contributed by atoms with Crippen LogP contribution < -0.4 is 16.4 Å². The number of nitrogens with two attached hydrogens (primary N) is 1. The molecule has 1 aromatic carbocycles. The van der Waals surface area contributed by atoms with Gasteiger partial charge in [-0.3, -0.25) is 0 Å². The molecule has 0 saturated carbocycles. The van der Waals surface area contributed by atoms with Crippen LogP contribution >= 0.6 is 0 Å². The molecule has 2 heterocycles. The number of anilines is 3. The second-order valence-electron chi connectivity index (χ2n) is 7.10. The topological polar surface area (TPSA) is 114 Å². The molecule has 144 valence electrons. The van der Waals surface area contributed by atoms with Crippen molar-refractivity contribution in [3.8, 4) is 0 Å². The molecule has 3 aromatic rings. The molecule has 0 saturated heterocycles. The van der Waals surface area contributed by atoms with Gasteiger partial charge in [0.25, 0.3) is 0 Å². The number of hydrogen-bond acceptors (Lipinski definition) is 7. The fourth-order valence-electron chi connectivity index (χ4n) is 2.79. The van der Waals surface area contributed by atoms with Crippen molar-refractivity contribution in [2.75, 3.05) is 22.9 Å². The van der Waals surface area contributed by atoms with E-state index >= 15 is 0 Å². The van der Waals surface area contributed by atoms with Gasteiger partial charge in [0.05, 0.1) is 12.4 Å². The molecule has 1 atom stereocenters. The Balaban J connectivity index is 1.94. The summed E-state index contributed by atoms with van der Waals surface area (Å²) in [5.74, 6) is 1.08. The van der Waals surface area contributed by atoms with Crippen molar-refractivity contribution in [2.45, 2.75) is 46.4 Å². The third-order valence-corrected chi connectivity index (χ3v) is 4.28. The molecule has 27 heavy (non-hydrogen) atoms. The molecule has 0 amide bonds. The maximum absolute atomic E-state index is 9.54. The number of aromatic nitrogens is 4. The highest BCUT2D eigenvalue weighted by Crippen LogP contribution is 2.24. The Bertz CT molecular complexity index is 933. The second kappa shape index (κ2) is 7.79. The third-order valence-electron chi connectivity index (χ3n) is 4.28. The number of hydrogen-bond donors (Lipinski definition) is 4. The minimum absolute atomic E-state index is 0.218. The maximum atomic E-state index is 9.54. The van der Waals surface area contributed by atoms with Crippen molar-refractivity contribution < 1.29 is 5.11 Å². The van der Waals surface area contributed by atoms with Gasteiger partial charge >= 0.3 is 0 Å². The Labute approximate surface area is 158 Å². The van der Waals surface area contributed by atoms with Crippen LogP contribution in [-0.4, -0.2) is 37.3 Å². The Morgan fingerprint density at radius 2 is 1.96 bits per heavy atom. The fourth-order valence-corrected chi connectivity index (χ4v) is 2.79. The predicted octanol–water partition coefficient (Wildman–Crippen LogP) is 2.70. The molecule has 0 aliphatic heterocycles. The van der Waals surface area contributed by atoms with Crippen LogP contribution in [0, 0.1) is 6.92 Å². The lowest BCUT2D eigenvalue weighted by Gasteiger charge is -2.13. The second-order valence-corrected chi connectivity index (χ2v) is 7.10. The van der Waals surface area contributed by atoms with E-state index in [9.17, 15) is 5.11 Å². The van der Waals surface area contributed by atoms with E-state index < -0.39 is 6.10 Å². The van der Waals surface area contributed by atoms with Crippen molar-refractivity contribution in [3.63, 3.8) is 0 Å². The Hall–Kier alpha value is -2.87. The molecule has 0 bridgehead atoms. The summed E-state index contributed by atoms with van der Waals surface area (Å²) in [7, 11) is 0. The Morgan fingerprint density at radius 3 is 2.63 bits per heavy atom. The largest absolute Gasteiger partial charge is 0.398 e. The highest BCUT2D eigenvalue weighted by Gasteiger charge is 2.15. The van der Waals surface area contributed by atoms with Crippen molar-refractivity contribution >= 4 is 28.6 Å².